The number of aliphatic hydroxyl groups is 1. The van der Waals surface area contributed by atoms with Gasteiger partial charge in [0.05, 0.1) is 33.8 Å². The van der Waals surface area contributed by atoms with E-state index in [0.29, 0.717) is 0 Å². The van der Waals surface area contributed by atoms with Gasteiger partial charge in [-0.2, -0.15) is 0 Å². The molecule has 1 aromatic carbocycles. The zero-order chi connectivity index (χ0) is 24.0. The lowest BCUT2D eigenvalue weighted by atomic mass is 9.71. The number of benzene rings is 1. The lowest BCUT2D eigenvalue weighted by molar-refractivity contribution is -0.142. The molecule has 2 amide bonds. The fraction of sp³-hybridized carbons (Fsp3) is 0.560. The van der Waals surface area contributed by atoms with Gasteiger partial charge >= 0.3 is 0 Å². The summed E-state index contributed by atoms with van der Waals surface area (Å²) in [4.78, 5) is 33.4. The Hall–Kier alpha value is -2.00. The van der Waals surface area contributed by atoms with Crippen molar-refractivity contribution in [1.82, 2.24) is 15.2 Å². The van der Waals surface area contributed by atoms with Gasteiger partial charge in [0, 0.05) is 13.0 Å². The van der Waals surface area contributed by atoms with Gasteiger partial charge in [0.1, 0.15) is 6.04 Å². The van der Waals surface area contributed by atoms with E-state index in [2.05, 4.69) is 34.6 Å². The number of hydrogen-bond donors (Lipinski definition) is 3. The number of amides is 2. The van der Waals surface area contributed by atoms with Crippen molar-refractivity contribution in [3.05, 3.63) is 41.0 Å². The Morgan fingerprint density at radius 1 is 1.26 bits per heavy atom. The first-order valence-electron chi connectivity index (χ1n) is 11.6. The molecule has 186 valence electrons. The maximum absolute atomic E-state index is 13.4. The standard InChI is InChI=1S/C25H34N4O3S.ClH/c1-15-20(33-14-27-15)16-6-8-17(9-7-16)25(10-5-11-25)28-22(31)19-12-18(30)13-29(19)23(32)21(26)24(2,3)4;/h6-9,14,18-19,21,30H,5,10-13,26H2,1-4H3,(H,28,31);1H/t18-,19+,21-;/m1./s1. The number of aliphatic hydroxyl groups excluding tert-OH is 1. The van der Waals surface area contributed by atoms with Gasteiger partial charge in [-0.3, -0.25) is 9.59 Å². The zero-order valence-corrected chi connectivity index (χ0v) is 21.8. The Labute approximate surface area is 211 Å². The average molecular weight is 507 g/mol. The van der Waals surface area contributed by atoms with Crippen molar-refractivity contribution in [3.63, 3.8) is 0 Å². The molecule has 1 aromatic heterocycles. The normalized spacial score (nSPS) is 22.5. The Kier molecular flexibility index (Phi) is 7.77. The molecule has 0 spiro atoms. The minimum absolute atomic E-state index is 0. The molecule has 1 aliphatic heterocycles. The van der Waals surface area contributed by atoms with Crippen molar-refractivity contribution < 1.29 is 14.7 Å². The molecule has 0 bridgehead atoms. The van der Waals surface area contributed by atoms with E-state index >= 15 is 0 Å². The van der Waals surface area contributed by atoms with Crippen LogP contribution in [0, 0.1) is 12.3 Å². The maximum Gasteiger partial charge on any atom is 0.243 e. The van der Waals surface area contributed by atoms with E-state index in [0.717, 1.165) is 41.0 Å². The Morgan fingerprint density at radius 2 is 1.91 bits per heavy atom. The molecule has 1 saturated heterocycles. The van der Waals surface area contributed by atoms with Crippen LogP contribution in [0.1, 0.15) is 57.7 Å². The number of nitrogens with one attached hydrogen (secondary N) is 1. The van der Waals surface area contributed by atoms with Crippen LogP contribution in [0.25, 0.3) is 10.4 Å². The highest BCUT2D eigenvalue weighted by atomic mass is 35.5. The molecule has 34 heavy (non-hydrogen) atoms. The Morgan fingerprint density at radius 3 is 2.41 bits per heavy atom. The fourth-order valence-electron chi connectivity index (χ4n) is 4.71. The van der Waals surface area contributed by atoms with Crippen molar-refractivity contribution in [2.45, 2.75) is 77.1 Å². The summed E-state index contributed by atoms with van der Waals surface area (Å²) >= 11 is 1.62. The van der Waals surface area contributed by atoms with E-state index in [1.54, 1.807) is 11.3 Å². The molecule has 4 rings (SSSR count). The SMILES string of the molecule is Cc1ncsc1-c1ccc(C2(NC(=O)[C@@H]3C[C@@H](O)CN3C(=O)[C@@H](N)C(C)(C)C)CCC2)cc1.Cl. The van der Waals surface area contributed by atoms with E-state index in [1.807, 2.05) is 33.2 Å². The smallest absolute Gasteiger partial charge is 0.243 e. The van der Waals surface area contributed by atoms with Crippen molar-refractivity contribution in [1.29, 1.82) is 0 Å². The number of halogens is 1. The number of carbonyl (C=O) groups excluding carboxylic acids is 2. The van der Waals surface area contributed by atoms with Gasteiger partial charge < -0.3 is 21.1 Å². The molecule has 2 aliphatic rings. The van der Waals surface area contributed by atoms with Gasteiger partial charge in [-0.05, 0) is 42.7 Å². The third-order valence-corrected chi connectivity index (χ3v) is 8.06. The summed E-state index contributed by atoms with van der Waals surface area (Å²) in [6.45, 7) is 7.84. The summed E-state index contributed by atoms with van der Waals surface area (Å²) in [6, 6.07) is 6.88. The van der Waals surface area contributed by atoms with E-state index < -0.39 is 29.1 Å². The van der Waals surface area contributed by atoms with Crippen LogP contribution in [0.5, 0.6) is 0 Å². The molecule has 9 heteroatoms. The number of thiazole rings is 1. The van der Waals surface area contributed by atoms with E-state index in [1.165, 1.54) is 4.90 Å². The highest BCUT2D eigenvalue weighted by Crippen LogP contribution is 2.42. The van der Waals surface area contributed by atoms with Gasteiger partial charge in [-0.25, -0.2) is 4.98 Å². The summed E-state index contributed by atoms with van der Waals surface area (Å²) < 4.78 is 0. The number of rotatable bonds is 5. The number of carbonyl (C=O) groups is 2. The van der Waals surface area contributed by atoms with Crippen molar-refractivity contribution in [2.24, 2.45) is 11.1 Å². The van der Waals surface area contributed by atoms with E-state index in [-0.39, 0.29) is 37.2 Å². The summed E-state index contributed by atoms with van der Waals surface area (Å²) in [5.74, 6) is -0.505. The van der Waals surface area contributed by atoms with Crippen LogP contribution in [0.4, 0.5) is 0 Å². The number of nitrogens with two attached hydrogens (primary N) is 1. The van der Waals surface area contributed by atoms with E-state index in [9.17, 15) is 14.7 Å². The van der Waals surface area contributed by atoms with Crippen LogP contribution >= 0.6 is 23.7 Å². The Bertz CT molecular complexity index is 1030. The van der Waals surface area contributed by atoms with Gasteiger partial charge in [-0.15, -0.1) is 23.7 Å². The maximum atomic E-state index is 13.4. The fourth-order valence-corrected chi connectivity index (χ4v) is 5.52. The van der Waals surface area contributed by atoms with Crippen LogP contribution in [0.2, 0.25) is 0 Å². The zero-order valence-electron chi connectivity index (χ0n) is 20.2. The molecular formula is C25H35ClN4O3S. The lowest BCUT2D eigenvalue weighted by Gasteiger charge is -2.44. The molecular weight excluding hydrogens is 472 g/mol. The minimum Gasteiger partial charge on any atom is -0.391 e. The molecule has 7 nitrogen and oxygen atoms in total. The summed E-state index contributed by atoms with van der Waals surface area (Å²) in [6.07, 6.45) is 2.23. The first-order chi connectivity index (χ1) is 15.5. The number of aryl methyl sites for hydroxylation is 1. The van der Waals surface area contributed by atoms with Crippen LogP contribution < -0.4 is 11.1 Å². The number of aromatic nitrogens is 1. The topological polar surface area (TPSA) is 109 Å². The van der Waals surface area contributed by atoms with Gasteiger partial charge in [0.2, 0.25) is 11.8 Å². The Balaban J connectivity index is 0.00000324. The molecule has 2 aromatic rings. The molecule has 4 N–H and O–H groups in total. The second-order valence-electron chi connectivity index (χ2n) is 10.5. The second-order valence-corrected chi connectivity index (χ2v) is 11.4. The minimum atomic E-state index is -0.737. The molecule has 0 unspecified atom stereocenters. The molecule has 2 heterocycles. The highest BCUT2D eigenvalue weighted by molar-refractivity contribution is 7.13. The van der Waals surface area contributed by atoms with Crippen LogP contribution in [-0.4, -0.2) is 51.5 Å². The van der Waals surface area contributed by atoms with Crippen LogP contribution in [-0.2, 0) is 15.1 Å². The van der Waals surface area contributed by atoms with Gasteiger partial charge in [0.15, 0.2) is 0 Å². The number of nitrogens with zero attached hydrogens (tertiary/aromatic N) is 2. The first-order valence-corrected chi connectivity index (χ1v) is 12.5. The predicted molar refractivity (Wildman–Crippen MR) is 137 cm³/mol. The molecule has 1 aliphatic carbocycles. The molecule has 1 saturated carbocycles. The number of hydrogen-bond acceptors (Lipinski definition) is 6. The largest absolute Gasteiger partial charge is 0.391 e. The lowest BCUT2D eigenvalue weighted by Crippen LogP contribution is -2.58. The highest BCUT2D eigenvalue weighted by Gasteiger charge is 2.46. The molecule has 0 radical (unpaired) electrons. The first kappa shape index (κ1) is 26.6. The van der Waals surface area contributed by atoms with Crippen LogP contribution in [0.3, 0.4) is 0 Å². The summed E-state index contributed by atoms with van der Waals surface area (Å²) in [7, 11) is 0. The third kappa shape index (κ3) is 5.00. The second kappa shape index (κ2) is 9.93. The third-order valence-electron chi connectivity index (χ3n) is 7.08. The molecule has 2 fully saturated rings. The monoisotopic (exact) mass is 506 g/mol. The van der Waals surface area contributed by atoms with Crippen molar-refractivity contribution >= 4 is 35.6 Å². The van der Waals surface area contributed by atoms with Gasteiger partial charge in [-0.1, -0.05) is 45.0 Å². The number of β-amino-alcohol motifs (C(OH)–C–C–N with tert-alkyl or cyclic N) is 1. The van der Waals surface area contributed by atoms with Crippen LogP contribution in [0.15, 0.2) is 29.8 Å². The summed E-state index contributed by atoms with van der Waals surface area (Å²) in [5.41, 5.74) is 10.4. The number of likely N-dealkylation sites (tertiary alicyclic amines) is 1. The van der Waals surface area contributed by atoms with E-state index in [4.69, 9.17) is 5.73 Å². The molecule has 3 atom stereocenters. The van der Waals surface area contributed by atoms with Crippen molar-refractivity contribution in [2.75, 3.05) is 6.54 Å². The summed E-state index contributed by atoms with van der Waals surface area (Å²) in [5, 5.41) is 13.5. The predicted octanol–water partition coefficient (Wildman–Crippen LogP) is 3.37. The van der Waals surface area contributed by atoms with Crippen molar-refractivity contribution in [3.8, 4) is 10.4 Å². The average Bonchev–Trinajstić information content (AvgIpc) is 3.34. The van der Waals surface area contributed by atoms with Gasteiger partial charge in [0.25, 0.3) is 0 Å². The quantitative estimate of drug-likeness (QED) is 0.576.